The summed E-state index contributed by atoms with van der Waals surface area (Å²) in [6.45, 7) is 10.7. The lowest BCUT2D eigenvalue weighted by Gasteiger charge is -2.62. The van der Waals surface area contributed by atoms with Crippen LogP contribution in [0.3, 0.4) is 0 Å². The van der Waals surface area contributed by atoms with Crippen molar-refractivity contribution in [3.8, 4) is 0 Å². The minimum atomic E-state index is -0.404. The summed E-state index contributed by atoms with van der Waals surface area (Å²) in [5.41, 5.74) is 0.709. The molecule has 0 spiro atoms. The first-order valence-electron chi connectivity index (χ1n) is 13.9. The number of hydrogen-bond donors (Lipinski definition) is 2. The van der Waals surface area contributed by atoms with Crippen molar-refractivity contribution in [2.24, 2.45) is 46.3 Å². The summed E-state index contributed by atoms with van der Waals surface area (Å²) in [5.74, 6) is 5.42. The maximum Gasteiger partial charge on any atom is 0.0622 e. The second-order valence-corrected chi connectivity index (χ2v) is 13.0. The fraction of sp³-hybridized carbons (Fsp3) is 1.00. The standard InChI is InChI=1S/C28H50O2.CH4O/c1-20(14-18-30-5)7-6-8-21-10-12-24-23-11-9-22-19-26(2,29)16-17-28(22,4)25(23)13-15-27(21,24)3;1-2/h20-25,29H,6-19H2,1-5H3;2H,1H3/t20?,21?,22?,23?,24?,25?,26-,27?,28?;/m0./s1. The Hall–Kier alpha value is -0.120. The molecule has 0 aromatic carbocycles. The molecule has 8 unspecified atom stereocenters. The average molecular weight is 451 g/mol. The molecule has 3 heteroatoms. The van der Waals surface area contributed by atoms with Gasteiger partial charge in [0.25, 0.3) is 0 Å². The van der Waals surface area contributed by atoms with Gasteiger partial charge in [-0.1, -0.05) is 33.6 Å². The van der Waals surface area contributed by atoms with Crippen LogP contribution in [0.2, 0.25) is 0 Å². The first-order chi connectivity index (χ1) is 15.2. The van der Waals surface area contributed by atoms with Crippen molar-refractivity contribution in [2.45, 2.75) is 117 Å². The molecule has 4 aliphatic rings. The SMILES string of the molecule is CO.COCCC(C)CCCC1CCC2C3CCC4C[C@@](C)(O)CCC4(C)C3CCC12C. The van der Waals surface area contributed by atoms with Gasteiger partial charge in [-0.25, -0.2) is 0 Å². The molecule has 32 heavy (non-hydrogen) atoms. The monoisotopic (exact) mass is 450 g/mol. The molecule has 9 atom stereocenters. The van der Waals surface area contributed by atoms with Crippen LogP contribution >= 0.6 is 0 Å². The molecule has 4 aliphatic carbocycles. The molecule has 4 rings (SSSR count). The summed E-state index contributed by atoms with van der Waals surface area (Å²) >= 11 is 0. The van der Waals surface area contributed by atoms with E-state index in [1.165, 1.54) is 70.6 Å². The Kier molecular flexibility index (Phi) is 8.81. The lowest BCUT2D eigenvalue weighted by Crippen LogP contribution is -2.55. The molecule has 4 saturated carbocycles. The summed E-state index contributed by atoms with van der Waals surface area (Å²) in [5, 5.41) is 17.7. The Morgan fingerprint density at radius 1 is 0.875 bits per heavy atom. The molecule has 0 aromatic heterocycles. The Bertz CT molecular complexity index is 589. The van der Waals surface area contributed by atoms with Gasteiger partial charge in [-0.05, 0) is 124 Å². The van der Waals surface area contributed by atoms with E-state index in [2.05, 4.69) is 27.7 Å². The maximum atomic E-state index is 10.7. The van der Waals surface area contributed by atoms with E-state index in [0.717, 1.165) is 62.1 Å². The Morgan fingerprint density at radius 3 is 2.31 bits per heavy atom. The Labute approximate surface area is 199 Å². The van der Waals surface area contributed by atoms with Crippen molar-refractivity contribution in [3.63, 3.8) is 0 Å². The molecule has 4 fully saturated rings. The van der Waals surface area contributed by atoms with Crippen molar-refractivity contribution < 1.29 is 14.9 Å². The first kappa shape index (κ1) is 26.5. The van der Waals surface area contributed by atoms with Gasteiger partial charge in [0.1, 0.15) is 0 Å². The predicted molar refractivity (Wildman–Crippen MR) is 133 cm³/mol. The van der Waals surface area contributed by atoms with Crippen molar-refractivity contribution in [1.29, 1.82) is 0 Å². The molecule has 3 nitrogen and oxygen atoms in total. The van der Waals surface area contributed by atoms with Crippen molar-refractivity contribution in [3.05, 3.63) is 0 Å². The molecule has 0 radical (unpaired) electrons. The third kappa shape index (κ3) is 5.10. The highest BCUT2D eigenvalue weighted by Gasteiger charge is 2.60. The number of hydrogen-bond acceptors (Lipinski definition) is 3. The zero-order valence-corrected chi connectivity index (χ0v) is 22.2. The number of methoxy groups -OCH3 is 1. The maximum absolute atomic E-state index is 10.7. The van der Waals surface area contributed by atoms with Crippen LogP contribution in [0.15, 0.2) is 0 Å². The zero-order valence-electron chi connectivity index (χ0n) is 22.2. The second kappa shape index (κ2) is 10.6. The molecular formula is C29H54O3. The highest BCUT2D eigenvalue weighted by Crippen LogP contribution is 2.68. The van der Waals surface area contributed by atoms with Gasteiger partial charge in [0.15, 0.2) is 0 Å². The van der Waals surface area contributed by atoms with E-state index in [0.29, 0.717) is 10.8 Å². The third-order valence-corrected chi connectivity index (χ3v) is 11.2. The normalized spacial score (nSPS) is 46.3. The molecule has 0 bridgehead atoms. The molecular weight excluding hydrogens is 396 g/mol. The summed E-state index contributed by atoms with van der Waals surface area (Å²) in [7, 11) is 2.83. The average Bonchev–Trinajstić information content (AvgIpc) is 3.10. The van der Waals surface area contributed by atoms with Gasteiger partial charge in [0.2, 0.25) is 0 Å². The number of fused-ring (bicyclic) bond motifs is 5. The Morgan fingerprint density at radius 2 is 1.59 bits per heavy atom. The van der Waals surface area contributed by atoms with E-state index < -0.39 is 5.60 Å². The van der Waals surface area contributed by atoms with Gasteiger partial charge in [0.05, 0.1) is 5.60 Å². The van der Waals surface area contributed by atoms with Gasteiger partial charge >= 0.3 is 0 Å². The number of aliphatic hydroxyl groups is 2. The minimum absolute atomic E-state index is 0.404. The largest absolute Gasteiger partial charge is 0.400 e. The van der Waals surface area contributed by atoms with E-state index in [-0.39, 0.29) is 0 Å². The van der Waals surface area contributed by atoms with E-state index in [1.54, 1.807) is 0 Å². The Balaban J connectivity index is 0.00000141. The molecule has 0 heterocycles. The van der Waals surface area contributed by atoms with Gasteiger partial charge in [-0.15, -0.1) is 0 Å². The molecule has 0 aromatic rings. The molecule has 0 aliphatic heterocycles. The molecule has 0 saturated heterocycles. The number of aliphatic hydroxyl groups excluding tert-OH is 1. The van der Waals surface area contributed by atoms with Gasteiger partial charge in [-0.3, -0.25) is 0 Å². The van der Waals surface area contributed by atoms with Crippen LogP contribution in [-0.2, 0) is 4.74 Å². The van der Waals surface area contributed by atoms with Crippen LogP contribution in [-0.4, -0.2) is 36.6 Å². The van der Waals surface area contributed by atoms with Crippen molar-refractivity contribution in [2.75, 3.05) is 20.8 Å². The van der Waals surface area contributed by atoms with Crippen LogP contribution in [0.1, 0.15) is 111 Å². The first-order valence-corrected chi connectivity index (χ1v) is 13.9. The fourth-order valence-corrected chi connectivity index (χ4v) is 9.19. The molecule has 0 amide bonds. The van der Waals surface area contributed by atoms with E-state index in [9.17, 15) is 5.11 Å². The minimum Gasteiger partial charge on any atom is -0.400 e. The molecule has 188 valence electrons. The van der Waals surface area contributed by atoms with Crippen LogP contribution in [0.5, 0.6) is 0 Å². The highest BCUT2D eigenvalue weighted by atomic mass is 16.5. The van der Waals surface area contributed by atoms with Crippen LogP contribution in [0, 0.1) is 46.3 Å². The number of ether oxygens (including phenoxy) is 1. The van der Waals surface area contributed by atoms with Crippen LogP contribution in [0.4, 0.5) is 0 Å². The van der Waals surface area contributed by atoms with Crippen LogP contribution < -0.4 is 0 Å². The zero-order chi connectivity index (χ0) is 23.6. The predicted octanol–water partition coefficient (Wildman–Crippen LogP) is 6.85. The quantitative estimate of drug-likeness (QED) is 0.446. The van der Waals surface area contributed by atoms with E-state index in [4.69, 9.17) is 9.84 Å². The van der Waals surface area contributed by atoms with Crippen molar-refractivity contribution in [1.82, 2.24) is 0 Å². The summed E-state index contributed by atoms with van der Waals surface area (Å²) in [4.78, 5) is 0. The smallest absolute Gasteiger partial charge is 0.0622 e. The third-order valence-electron chi connectivity index (χ3n) is 11.2. The summed E-state index contributed by atoms with van der Waals surface area (Å²) in [6, 6.07) is 0. The van der Waals surface area contributed by atoms with Crippen molar-refractivity contribution >= 4 is 0 Å². The summed E-state index contributed by atoms with van der Waals surface area (Å²) < 4.78 is 5.27. The van der Waals surface area contributed by atoms with Gasteiger partial charge in [0, 0.05) is 20.8 Å². The summed E-state index contributed by atoms with van der Waals surface area (Å²) in [6.07, 6.45) is 17.6. The lowest BCUT2D eigenvalue weighted by atomic mass is 9.44. The van der Waals surface area contributed by atoms with E-state index in [1.807, 2.05) is 7.11 Å². The van der Waals surface area contributed by atoms with Gasteiger partial charge in [-0.2, -0.15) is 0 Å². The topological polar surface area (TPSA) is 49.7 Å². The fourth-order valence-electron chi connectivity index (χ4n) is 9.19. The highest BCUT2D eigenvalue weighted by molar-refractivity contribution is 5.10. The molecule has 2 N–H and O–H groups in total. The lowest BCUT2D eigenvalue weighted by molar-refractivity contribution is -0.146. The number of rotatable bonds is 7. The van der Waals surface area contributed by atoms with E-state index >= 15 is 0 Å². The van der Waals surface area contributed by atoms with Crippen LogP contribution in [0.25, 0.3) is 0 Å². The van der Waals surface area contributed by atoms with Gasteiger partial charge < -0.3 is 14.9 Å². The second-order valence-electron chi connectivity index (χ2n) is 13.0.